The summed E-state index contributed by atoms with van der Waals surface area (Å²) in [6.07, 6.45) is 3.41. The van der Waals surface area contributed by atoms with Crippen LogP contribution in [0.1, 0.15) is 21.5 Å². The average molecular weight is 333 g/mol. The van der Waals surface area contributed by atoms with Gasteiger partial charge in [0.1, 0.15) is 0 Å². The number of hydrogen-bond donors (Lipinski definition) is 0. The van der Waals surface area contributed by atoms with Crippen LogP contribution in [-0.4, -0.2) is 15.9 Å². The van der Waals surface area contributed by atoms with Gasteiger partial charge in [-0.25, -0.2) is 19.2 Å². The van der Waals surface area contributed by atoms with Crippen LogP contribution in [0.15, 0.2) is 54.9 Å². The molecule has 0 spiro atoms. The third-order valence-corrected chi connectivity index (χ3v) is 3.42. The molecule has 0 aliphatic carbocycles. The van der Waals surface area contributed by atoms with E-state index < -0.39 is 11.8 Å². The molecule has 0 saturated carbocycles. The molecule has 0 aliphatic heterocycles. The summed E-state index contributed by atoms with van der Waals surface area (Å²) in [5.41, 5.74) is 2.12. The number of nitrogens with zero attached hydrogens (tertiary/aromatic N) is 3. The van der Waals surface area contributed by atoms with Crippen molar-refractivity contribution in [2.24, 2.45) is 0 Å². The molecule has 0 saturated heterocycles. The molecule has 6 heteroatoms. The fourth-order valence-electron chi connectivity index (χ4n) is 2.11. The Labute approximate surface area is 143 Å². The van der Waals surface area contributed by atoms with E-state index in [1.807, 2.05) is 13.0 Å². The Balaban J connectivity index is 1.77. The first-order valence-corrected chi connectivity index (χ1v) is 7.38. The van der Waals surface area contributed by atoms with E-state index in [0.29, 0.717) is 5.82 Å². The number of carbonyl (C=O) groups excluding carboxylic acids is 1. The minimum Gasteiger partial charge on any atom is -0.420 e. The molecule has 25 heavy (non-hydrogen) atoms. The van der Waals surface area contributed by atoms with Crippen LogP contribution >= 0.6 is 0 Å². The van der Waals surface area contributed by atoms with Crippen LogP contribution < -0.4 is 4.74 Å². The average Bonchev–Trinajstić information content (AvgIpc) is 2.64. The minimum absolute atomic E-state index is 0.153. The number of hydrogen-bond acceptors (Lipinski definition) is 5. The van der Waals surface area contributed by atoms with Gasteiger partial charge in [0.05, 0.1) is 17.2 Å². The van der Waals surface area contributed by atoms with Gasteiger partial charge >= 0.3 is 5.97 Å². The molecule has 0 unspecified atom stereocenters. The van der Waals surface area contributed by atoms with Gasteiger partial charge in [0.2, 0.25) is 0 Å². The highest BCUT2D eigenvalue weighted by atomic mass is 19.1. The van der Waals surface area contributed by atoms with E-state index >= 15 is 0 Å². The van der Waals surface area contributed by atoms with E-state index in [2.05, 4.69) is 9.97 Å². The van der Waals surface area contributed by atoms with Gasteiger partial charge in [0.25, 0.3) is 0 Å². The first-order valence-electron chi connectivity index (χ1n) is 7.38. The van der Waals surface area contributed by atoms with Crippen molar-refractivity contribution in [3.63, 3.8) is 0 Å². The first kappa shape index (κ1) is 16.3. The Morgan fingerprint density at radius 2 is 1.80 bits per heavy atom. The van der Waals surface area contributed by atoms with Crippen molar-refractivity contribution in [2.75, 3.05) is 0 Å². The van der Waals surface area contributed by atoms with Crippen LogP contribution in [0.3, 0.4) is 0 Å². The summed E-state index contributed by atoms with van der Waals surface area (Å²) in [5, 5.41) is 8.71. The van der Waals surface area contributed by atoms with Gasteiger partial charge in [-0.3, -0.25) is 0 Å². The highest BCUT2D eigenvalue weighted by molar-refractivity contribution is 5.91. The molecular weight excluding hydrogens is 321 g/mol. The molecule has 0 bridgehead atoms. The first-order chi connectivity index (χ1) is 12.1. The number of benzene rings is 2. The lowest BCUT2D eigenvalue weighted by Gasteiger charge is -2.06. The van der Waals surface area contributed by atoms with Crippen LogP contribution in [0.4, 0.5) is 4.39 Å². The third-order valence-electron chi connectivity index (χ3n) is 3.42. The highest BCUT2D eigenvalue weighted by Crippen LogP contribution is 2.20. The number of nitriles is 1. The van der Waals surface area contributed by atoms with Crippen LogP contribution in [-0.2, 0) is 0 Å². The highest BCUT2D eigenvalue weighted by Gasteiger charge is 2.13. The molecule has 0 amide bonds. The number of aromatic nitrogens is 2. The van der Waals surface area contributed by atoms with Gasteiger partial charge < -0.3 is 4.74 Å². The SMILES string of the molecule is Cc1cnc(-c2ccc(C(=O)Oc3ccc(C#N)cc3F)cc2)nc1. The fraction of sp³-hybridized carbons (Fsp3) is 0.0526. The summed E-state index contributed by atoms with van der Waals surface area (Å²) in [4.78, 5) is 20.6. The monoisotopic (exact) mass is 333 g/mol. The maximum Gasteiger partial charge on any atom is 0.343 e. The molecule has 1 heterocycles. The lowest BCUT2D eigenvalue weighted by atomic mass is 10.1. The van der Waals surface area contributed by atoms with Crippen LogP contribution in [0.25, 0.3) is 11.4 Å². The summed E-state index contributed by atoms with van der Waals surface area (Å²) in [7, 11) is 0. The van der Waals surface area contributed by atoms with Gasteiger partial charge in [0, 0.05) is 18.0 Å². The van der Waals surface area contributed by atoms with Crippen molar-refractivity contribution < 1.29 is 13.9 Å². The Morgan fingerprint density at radius 1 is 1.12 bits per heavy atom. The maximum absolute atomic E-state index is 13.8. The molecule has 2 aromatic carbocycles. The lowest BCUT2D eigenvalue weighted by molar-refractivity contribution is 0.0728. The Kier molecular flexibility index (Phi) is 4.48. The van der Waals surface area contributed by atoms with Crippen LogP contribution in [0.5, 0.6) is 5.75 Å². The second kappa shape index (κ2) is 6.89. The van der Waals surface area contributed by atoms with Crippen molar-refractivity contribution in [2.45, 2.75) is 6.92 Å². The normalized spacial score (nSPS) is 10.1. The van der Waals surface area contributed by atoms with Gasteiger partial charge in [-0.15, -0.1) is 0 Å². The molecule has 122 valence electrons. The second-order valence-corrected chi connectivity index (χ2v) is 5.31. The van der Waals surface area contributed by atoms with Gasteiger partial charge in [-0.1, -0.05) is 12.1 Å². The molecule has 3 aromatic rings. The van der Waals surface area contributed by atoms with E-state index in [1.54, 1.807) is 36.7 Å². The van der Waals surface area contributed by atoms with Gasteiger partial charge in [-0.05, 0) is 42.8 Å². The zero-order valence-electron chi connectivity index (χ0n) is 13.2. The van der Waals surface area contributed by atoms with Crippen LogP contribution in [0.2, 0.25) is 0 Å². The van der Waals surface area contributed by atoms with Gasteiger partial charge in [0.15, 0.2) is 17.4 Å². The summed E-state index contributed by atoms with van der Waals surface area (Å²) < 4.78 is 18.8. The molecule has 1 aromatic heterocycles. The molecular formula is C19H12FN3O2. The topological polar surface area (TPSA) is 75.9 Å². The largest absolute Gasteiger partial charge is 0.420 e. The zero-order chi connectivity index (χ0) is 17.8. The van der Waals surface area contributed by atoms with E-state index in [9.17, 15) is 9.18 Å². The lowest BCUT2D eigenvalue weighted by Crippen LogP contribution is -2.09. The molecule has 0 fully saturated rings. The zero-order valence-corrected chi connectivity index (χ0v) is 13.2. The number of ether oxygens (including phenoxy) is 1. The maximum atomic E-state index is 13.8. The number of aryl methyl sites for hydroxylation is 1. The van der Waals surface area contributed by atoms with E-state index in [1.165, 1.54) is 12.1 Å². The predicted molar refractivity (Wildman–Crippen MR) is 88.3 cm³/mol. The molecule has 3 rings (SSSR count). The van der Waals surface area contributed by atoms with Crippen molar-refractivity contribution >= 4 is 5.97 Å². The van der Waals surface area contributed by atoms with Crippen molar-refractivity contribution in [1.29, 1.82) is 5.26 Å². The molecule has 0 atom stereocenters. The number of halogens is 1. The fourth-order valence-corrected chi connectivity index (χ4v) is 2.11. The van der Waals surface area contributed by atoms with Crippen molar-refractivity contribution in [1.82, 2.24) is 9.97 Å². The van der Waals surface area contributed by atoms with Crippen molar-refractivity contribution in [3.05, 3.63) is 77.4 Å². The number of carbonyl (C=O) groups is 1. The quantitative estimate of drug-likeness (QED) is 0.540. The molecule has 0 N–H and O–H groups in total. The van der Waals surface area contributed by atoms with Crippen molar-refractivity contribution in [3.8, 4) is 23.2 Å². The van der Waals surface area contributed by atoms with E-state index in [4.69, 9.17) is 10.00 Å². The standard InChI is InChI=1S/C19H12FN3O2/c1-12-10-22-18(23-11-12)14-3-5-15(6-4-14)19(24)25-17-7-2-13(9-21)8-16(17)20/h2-8,10-11H,1H3. The van der Waals surface area contributed by atoms with Crippen LogP contribution in [0, 0.1) is 24.1 Å². The minimum atomic E-state index is -0.767. The van der Waals surface area contributed by atoms with E-state index in [0.717, 1.165) is 17.2 Å². The molecule has 5 nitrogen and oxygen atoms in total. The predicted octanol–water partition coefficient (Wildman–Crippen LogP) is 3.68. The third kappa shape index (κ3) is 3.67. The summed E-state index contributed by atoms with van der Waals surface area (Å²) in [5.74, 6) is -1.14. The molecule has 0 radical (unpaired) electrons. The Bertz CT molecular complexity index is 961. The summed E-state index contributed by atoms with van der Waals surface area (Å²) in [6, 6.07) is 12.0. The smallest absolute Gasteiger partial charge is 0.343 e. The number of esters is 1. The summed E-state index contributed by atoms with van der Waals surface area (Å²) >= 11 is 0. The Morgan fingerprint density at radius 3 is 2.40 bits per heavy atom. The Hall–Kier alpha value is -3.59. The second-order valence-electron chi connectivity index (χ2n) is 5.31. The van der Waals surface area contributed by atoms with E-state index in [-0.39, 0.29) is 16.9 Å². The molecule has 0 aliphatic rings. The summed E-state index contributed by atoms with van der Waals surface area (Å²) in [6.45, 7) is 1.89. The van der Waals surface area contributed by atoms with Gasteiger partial charge in [-0.2, -0.15) is 5.26 Å². The number of rotatable bonds is 3.